The number of hydrogen-bond acceptors (Lipinski definition) is 7. The van der Waals surface area contributed by atoms with E-state index in [0.717, 1.165) is 54.9 Å². The second-order valence-corrected chi connectivity index (χ2v) is 9.91. The molecule has 1 aromatic carbocycles. The third kappa shape index (κ3) is 5.63. The molecule has 3 aliphatic heterocycles. The fraction of sp³-hybridized carbons (Fsp3) is 0.560. The lowest BCUT2D eigenvalue weighted by Crippen LogP contribution is -2.36. The number of thiocarbonyl (C=S) groups is 1. The number of benzene rings is 1. The van der Waals surface area contributed by atoms with Crippen LogP contribution in [-0.2, 0) is 6.54 Å². The summed E-state index contributed by atoms with van der Waals surface area (Å²) in [6, 6.07) is 8.08. The Kier molecular flexibility index (Phi) is 7.18. The van der Waals surface area contributed by atoms with Gasteiger partial charge in [0.1, 0.15) is 11.6 Å². The van der Waals surface area contributed by atoms with Crippen molar-refractivity contribution in [1.82, 2.24) is 15.3 Å². The van der Waals surface area contributed by atoms with Gasteiger partial charge in [0.05, 0.1) is 0 Å². The van der Waals surface area contributed by atoms with Crippen LogP contribution >= 0.6 is 12.2 Å². The molecule has 2 saturated heterocycles. The van der Waals surface area contributed by atoms with E-state index in [9.17, 15) is 0 Å². The zero-order valence-electron chi connectivity index (χ0n) is 19.9. The van der Waals surface area contributed by atoms with Gasteiger partial charge in [-0.05, 0) is 61.5 Å². The van der Waals surface area contributed by atoms with Crippen LogP contribution in [0.1, 0.15) is 51.0 Å². The largest absolute Gasteiger partial charge is 0.454 e. The third-order valence-electron chi connectivity index (χ3n) is 6.73. The molecule has 34 heavy (non-hydrogen) atoms. The van der Waals surface area contributed by atoms with Crippen molar-refractivity contribution in [3.63, 3.8) is 0 Å². The minimum atomic E-state index is 0.273. The Labute approximate surface area is 207 Å². The fourth-order valence-corrected chi connectivity index (χ4v) is 5.04. The van der Waals surface area contributed by atoms with Crippen LogP contribution in [0.25, 0.3) is 0 Å². The molecule has 8 nitrogen and oxygen atoms in total. The minimum Gasteiger partial charge on any atom is -0.454 e. The van der Waals surface area contributed by atoms with E-state index in [-0.39, 0.29) is 6.79 Å². The van der Waals surface area contributed by atoms with Crippen LogP contribution in [-0.4, -0.2) is 48.1 Å². The van der Waals surface area contributed by atoms with Crippen molar-refractivity contribution in [1.29, 1.82) is 0 Å². The van der Waals surface area contributed by atoms with E-state index in [1.165, 1.54) is 38.5 Å². The summed E-state index contributed by atoms with van der Waals surface area (Å²) >= 11 is 5.59. The van der Waals surface area contributed by atoms with Gasteiger partial charge in [-0.3, -0.25) is 0 Å². The molecule has 0 spiro atoms. The van der Waals surface area contributed by atoms with E-state index in [4.69, 9.17) is 31.7 Å². The molecule has 0 saturated carbocycles. The minimum absolute atomic E-state index is 0.273. The van der Waals surface area contributed by atoms with Crippen LogP contribution in [0.2, 0.25) is 0 Å². The van der Waals surface area contributed by atoms with Gasteiger partial charge in [-0.25, -0.2) is 0 Å². The number of piperidine rings is 1. The Morgan fingerprint density at radius 1 is 0.971 bits per heavy atom. The van der Waals surface area contributed by atoms with Gasteiger partial charge < -0.3 is 29.9 Å². The fourth-order valence-electron chi connectivity index (χ4n) is 4.88. The molecule has 2 aromatic rings. The molecule has 4 heterocycles. The van der Waals surface area contributed by atoms with E-state index in [0.29, 0.717) is 23.5 Å². The lowest BCUT2D eigenvalue weighted by Gasteiger charge is -2.33. The van der Waals surface area contributed by atoms with Crippen molar-refractivity contribution < 1.29 is 9.47 Å². The van der Waals surface area contributed by atoms with Gasteiger partial charge in [-0.15, -0.1) is 0 Å². The summed E-state index contributed by atoms with van der Waals surface area (Å²) < 4.78 is 10.9. The normalized spacial score (nSPS) is 20.1. The van der Waals surface area contributed by atoms with Crippen molar-refractivity contribution in [2.24, 2.45) is 5.92 Å². The number of aromatic nitrogens is 2. The summed E-state index contributed by atoms with van der Waals surface area (Å²) in [5.41, 5.74) is 1.07. The first-order valence-corrected chi connectivity index (χ1v) is 12.9. The second-order valence-electron chi connectivity index (χ2n) is 9.50. The van der Waals surface area contributed by atoms with E-state index in [1.807, 2.05) is 18.2 Å². The average molecular weight is 483 g/mol. The summed E-state index contributed by atoms with van der Waals surface area (Å²) in [4.78, 5) is 14.5. The Balaban J connectivity index is 1.30. The van der Waals surface area contributed by atoms with E-state index < -0.39 is 0 Å². The third-order valence-corrected chi connectivity index (χ3v) is 6.97. The average Bonchev–Trinajstić information content (AvgIpc) is 3.14. The zero-order valence-corrected chi connectivity index (χ0v) is 20.7. The maximum absolute atomic E-state index is 5.59. The molecule has 1 aromatic heterocycles. The van der Waals surface area contributed by atoms with Crippen LogP contribution in [0.3, 0.4) is 0 Å². The number of ether oxygens (including phenoxy) is 2. The Morgan fingerprint density at radius 3 is 2.50 bits per heavy atom. The number of nitrogens with one attached hydrogen (secondary N) is 2. The van der Waals surface area contributed by atoms with Gasteiger partial charge in [0.25, 0.3) is 0 Å². The Morgan fingerprint density at radius 2 is 1.71 bits per heavy atom. The molecule has 1 atom stereocenters. The van der Waals surface area contributed by atoms with E-state index >= 15 is 0 Å². The number of hydrogen-bond donors (Lipinski definition) is 2. The highest BCUT2D eigenvalue weighted by molar-refractivity contribution is 7.80. The topological polar surface area (TPSA) is 74.8 Å². The van der Waals surface area contributed by atoms with Crippen LogP contribution in [0.5, 0.6) is 11.5 Å². The van der Waals surface area contributed by atoms with Crippen molar-refractivity contribution in [2.45, 2.75) is 52.0 Å². The van der Waals surface area contributed by atoms with Gasteiger partial charge >= 0.3 is 0 Å². The van der Waals surface area contributed by atoms with Crippen LogP contribution in [0, 0.1) is 5.92 Å². The van der Waals surface area contributed by atoms with Crippen molar-refractivity contribution >= 4 is 34.9 Å². The molecule has 182 valence electrons. The highest BCUT2D eigenvalue weighted by atomic mass is 32.1. The number of rotatable bonds is 5. The first kappa shape index (κ1) is 23.0. The number of anilines is 3. The van der Waals surface area contributed by atoms with Gasteiger partial charge in [-0.1, -0.05) is 25.8 Å². The predicted molar refractivity (Wildman–Crippen MR) is 139 cm³/mol. The maximum Gasteiger partial charge on any atom is 0.232 e. The lowest BCUT2D eigenvalue weighted by molar-refractivity contribution is 0.174. The zero-order chi connectivity index (χ0) is 23.3. The highest BCUT2D eigenvalue weighted by Crippen LogP contribution is 2.32. The first-order valence-electron chi connectivity index (χ1n) is 12.5. The molecule has 9 heteroatoms. The maximum atomic E-state index is 5.59. The molecule has 0 radical (unpaired) electrons. The van der Waals surface area contributed by atoms with Crippen LogP contribution in [0.4, 0.5) is 17.6 Å². The van der Waals surface area contributed by atoms with E-state index in [1.54, 1.807) is 0 Å². The van der Waals surface area contributed by atoms with E-state index in [2.05, 4.69) is 33.4 Å². The molecule has 0 bridgehead atoms. The first-order chi connectivity index (χ1) is 16.6. The summed E-state index contributed by atoms with van der Waals surface area (Å²) in [6.07, 6.45) is 7.47. The number of nitrogens with zero attached hydrogens (tertiary/aromatic N) is 4. The van der Waals surface area contributed by atoms with Gasteiger partial charge in [0, 0.05) is 38.8 Å². The van der Waals surface area contributed by atoms with Gasteiger partial charge in [-0.2, -0.15) is 9.97 Å². The van der Waals surface area contributed by atoms with Gasteiger partial charge in [0.2, 0.25) is 12.7 Å². The van der Waals surface area contributed by atoms with Crippen LogP contribution < -0.4 is 29.9 Å². The standard InChI is InChI=1S/C25H34N6O2S/c1-18-7-6-12-31(16-18)23-14-22(30-10-4-2-3-5-11-30)27-24(28-23)29-25(34)26-15-19-8-9-20-21(13-19)33-17-32-20/h8-9,13-14,18H,2-7,10-12,15-17H2,1H3,(H2,26,27,28,29,34)/t18-/m1/s1. The van der Waals surface area contributed by atoms with Crippen molar-refractivity contribution in [3.05, 3.63) is 29.8 Å². The Hall–Kier alpha value is -2.81. The molecule has 3 aliphatic rings. The smallest absolute Gasteiger partial charge is 0.232 e. The van der Waals surface area contributed by atoms with Crippen molar-refractivity contribution in [2.75, 3.05) is 48.1 Å². The molecular formula is C25H34N6O2S. The molecule has 0 aliphatic carbocycles. The monoisotopic (exact) mass is 482 g/mol. The summed E-state index contributed by atoms with van der Waals surface area (Å²) in [7, 11) is 0. The second kappa shape index (κ2) is 10.6. The van der Waals surface area contributed by atoms with Crippen LogP contribution in [0.15, 0.2) is 24.3 Å². The molecule has 0 amide bonds. The van der Waals surface area contributed by atoms with Crippen molar-refractivity contribution in [3.8, 4) is 11.5 Å². The summed E-state index contributed by atoms with van der Waals surface area (Å²) in [6.45, 7) is 7.31. The number of fused-ring (bicyclic) bond motifs is 1. The highest BCUT2D eigenvalue weighted by Gasteiger charge is 2.21. The summed E-state index contributed by atoms with van der Waals surface area (Å²) in [5, 5.41) is 7.01. The molecule has 5 rings (SSSR count). The lowest BCUT2D eigenvalue weighted by atomic mass is 10.0. The molecule has 2 N–H and O–H groups in total. The molecule has 2 fully saturated rings. The predicted octanol–water partition coefficient (Wildman–Crippen LogP) is 4.31. The molecule has 0 unspecified atom stereocenters. The quantitative estimate of drug-likeness (QED) is 0.607. The van der Waals surface area contributed by atoms with Gasteiger partial charge in [0.15, 0.2) is 16.6 Å². The SMILES string of the molecule is C[C@@H]1CCCN(c2cc(N3CCCCCC3)nc(NC(=S)NCc3ccc4c(c3)OCO4)n2)C1. The summed E-state index contributed by atoms with van der Waals surface area (Å²) in [5.74, 6) is 4.76. The Bertz CT molecular complexity index is 991. The molecular weight excluding hydrogens is 448 g/mol.